The summed E-state index contributed by atoms with van der Waals surface area (Å²) in [4.78, 5) is 2.52. The van der Waals surface area contributed by atoms with E-state index in [9.17, 15) is 4.39 Å². The number of hydrogen-bond acceptors (Lipinski definition) is 2. The summed E-state index contributed by atoms with van der Waals surface area (Å²) in [6.07, 6.45) is 3.74. The van der Waals surface area contributed by atoms with Crippen LogP contribution in [0.5, 0.6) is 0 Å². The molecule has 2 rings (SSSR count). The van der Waals surface area contributed by atoms with Crippen molar-refractivity contribution in [2.45, 2.75) is 32.7 Å². The fourth-order valence-electron chi connectivity index (χ4n) is 2.83. The van der Waals surface area contributed by atoms with Gasteiger partial charge >= 0.3 is 0 Å². The second kappa shape index (κ2) is 9.32. The molecule has 0 bridgehead atoms. The third kappa shape index (κ3) is 5.78. The lowest BCUT2D eigenvalue weighted by molar-refractivity contribution is 0.199. The summed E-state index contributed by atoms with van der Waals surface area (Å²) in [5.74, 6) is 0.664. The lowest BCUT2D eigenvalue weighted by atomic mass is 9.97. The minimum absolute atomic E-state index is 0. The molecule has 1 aliphatic heterocycles. The van der Waals surface area contributed by atoms with Gasteiger partial charge in [-0.2, -0.15) is 0 Å². The Hall–Kier alpha value is -0.640. The number of halogens is 2. The zero-order valence-electron chi connectivity index (χ0n) is 12.3. The molecule has 0 saturated carbocycles. The van der Waals surface area contributed by atoms with E-state index in [2.05, 4.69) is 17.1 Å². The maximum absolute atomic E-state index is 12.9. The Morgan fingerprint density at radius 2 is 1.85 bits per heavy atom. The first-order valence-electron chi connectivity index (χ1n) is 7.45. The van der Waals surface area contributed by atoms with Crippen LogP contribution in [0.1, 0.15) is 31.7 Å². The van der Waals surface area contributed by atoms with E-state index in [4.69, 9.17) is 0 Å². The smallest absolute Gasteiger partial charge is 0.123 e. The largest absolute Gasteiger partial charge is 0.317 e. The van der Waals surface area contributed by atoms with Gasteiger partial charge in [-0.3, -0.25) is 4.90 Å². The van der Waals surface area contributed by atoms with E-state index < -0.39 is 0 Å². The predicted molar refractivity (Wildman–Crippen MR) is 84.8 cm³/mol. The van der Waals surface area contributed by atoms with Crippen molar-refractivity contribution in [1.82, 2.24) is 10.2 Å². The van der Waals surface area contributed by atoms with E-state index in [1.807, 2.05) is 12.1 Å². The molecule has 4 heteroatoms. The Morgan fingerprint density at radius 1 is 1.20 bits per heavy atom. The molecule has 0 aromatic heterocycles. The quantitative estimate of drug-likeness (QED) is 0.865. The van der Waals surface area contributed by atoms with Crippen molar-refractivity contribution in [3.05, 3.63) is 35.6 Å². The van der Waals surface area contributed by atoms with Gasteiger partial charge in [-0.05, 0) is 62.5 Å². The minimum Gasteiger partial charge on any atom is -0.317 e. The summed E-state index contributed by atoms with van der Waals surface area (Å²) in [6.45, 7) is 7.77. The third-order valence-electron chi connectivity index (χ3n) is 3.83. The molecule has 114 valence electrons. The van der Waals surface area contributed by atoms with Crippen LogP contribution >= 0.6 is 12.4 Å². The summed E-state index contributed by atoms with van der Waals surface area (Å²) >= 11 is 0. The summed E-state index contributed by atoms with van der Waals surface area (Å²) in [7, 11) is 0. The molecule has 1 fully saturated rings. The first-order chi connectivity index (χ1) is 9.28. The molecule has 2 nitrogen and oxygen atoms in total. The van der Waals surface area contributed by atoms with E-state index in [1.165, 1.54) is 31.4 Å². The van der Waals surface area contributed by atoms with Crippen LogP contribution in [0.25, 0.3) is 0 Å². The molecule has 0 unspecified atom stereocenters. The molecule has 0 amide bonds. The average Bonchev–Trinajstić information content (AvgIpc) is 2.43. The topological polar surface area (TPSA) is 15.3 Å². The van der Waals surface area contributed by atoms with E-state index in [0.717, 1.165) is 32.1 Å². The van der Waals surface area contributed by atoms with E-state index >= 15 is 0 Å². The van der Waals surface area contributed by atoms with Crippen LogP contribution in [0.3, 0.4) is 0 Å². The number of nitrogens with one attached hydrogen (secondary N) is 1. The van der Waals surface area contributed by atoms with Crippen molar-refractivity contribution in [3.8, 4) is 0 Å². The maximum atomic E-state index is 12.9. The molecular weight excluding hydrogens is 275 g/mol. The molecule has 1 saturated heterocycles. The van der Waals surface area contributed by atoms with Crippen LogP contribution in [0, 0.1) is 11.7 Å². The zero-order chi connectivity index (χ0) is 13.5. The van der Waals surface area contributed by atoms with Gasteiger partial charge in [0, 0.05) is 13.1 Å². The summed E-state index contributed by atoms with van der Waals surface area (Å²) in [5.41, 5.74) is 1.21. The maximum Gasteiger partial charge on any atom is 0.123 e. The molecule has 1 aromatic carbocycles. The van der Waals surface area contributed by atoms with Gasteiger partial charge in [0.1, 0.15) is 5.82 Å². The van der Waals surface area contributed by atoms with Crippen LogP contribution < -0.4 is 5.32 Å². The minimum atomic E-state index is -0.149. The molecule has 0 aliphatic carbocycles. The van der Waals surface area contributed by atoms with Crippen molar-refractivity contribution in [2.24, 2.45) is 5.92 Å². The molecule has 0 spiro atoms. The zero-order valence-corrected chi connectivity index (χ0v) is 13.1. The normalized spacial score (nSPS) is 16.1. The Bertz CT molecular complexity index is 363. The summed E-state index contributed by atoms with van der Waals surface area (Å²) < 4.78 is 12.9. The fourth-order valence-corrected chi connectivity index (χ4v) is 2.83. The Morgan fingerprint density at radius 3 is 2.45 bits per heavy atom. The molecule has 1 N–H and O–H groups in total. The second-order valence-corrected chi connectivity index (χ2v) is 5.55. The van der Waals surface area contributed by atoms with Crippen molar-refractivity contribution >= 4 is 12.4 Å². The van der Waals surface area contributed by atoms with Crippen LogP contribution in [0.4, 0.5) is 4.39 Å². The van der Waals surface area contributed by atoms with Gasteiger partial charge in [0.15, 0.2) is 0 Å². The van der Waals surface area contributed by atoms with Gasteiger partial charge in [-0.1, -0.05) is 19.1 Å². The van der Waals surface area contributed by atoms with E-state index in [-0.39, 0.29) is 18.2 Å². The highest BCUT2D eigenvalue weighted by Gasteiger charge is 2.16. The van der Waals surface area contributed by atoms with Gasteiger partial charge in [-0.25, -0.2) is 4.39 Å². The molecule has 20 heavy (non-hydrogen) atoms. The summed E-state index contributed by atoms with van der Waals surface area (Å²) in [5, 5.41) is 3.42. The average molecular weight is 301 g/mol. The number of piperidine rings is 1. The van der Waals surface area contributed by atoms with Crippen molar-refractivity contribution in [3.63, 3.8) is 0 Å². The van der Waals surface area contributed by atoms with Gasteiger partial charge < -0.3 is 5.32 Å². The van der Waals surface area contributed by atoms with Gasteiger partial charge in [-0.15, -0.1) is 12.4 Å². The van der Waals surface area contributed by atoms with E-state index in [0.29, 0.717) is 0 Å². The SMILES string of the molecule is CCCN(Cc1ccc(F)cc1)CC1CCNCC1.Cl. The highest BCUT2D eigenvalue weighted by molar-refractivity contribution is 5.85. The molecule has 1 aromatic rings. The number of rotatable bonds is 6. The number of hydrogen-bond donors (Lipinski definition) is 1. The third-order valence-corrected chi connectivity index (χ3v) is 3.83. The highest BCUT2D eigenvalue weighted by Crippen LogP contribution is 2.16. The molecule has 1 aliphatic rings. The molecule has 1 heterocycles. The van der Waals surface area contributed by atoms with Gasteiger partial charge in [0.2, 0.25) is 0 Å². The van der Waals surface area contributed by atoms with Crippen LogP contribution in [0.15, 0.2) is 24.3 Å². The number of nitrogens with zero attached hydrogens (tertiary/aromatic N) is 1. The molecular formula is C16H26ClFN2. The first-order valence-corrected chi connectivity index (χ1v) is 7.45. The standard InChI is InChI=1S/C16H25FN2.ClH/c1-2-11-19(13-15-7-9-18-10-8-15)12-14-3-5-16(17)6-4-14;/h3-6,15,18H,2,7-13H2,1H3;1H. The predicted octanol–water partition coefficient (Wildman–Crippen LogP) is 3.46. The van der Waals surface area contributed by atoms with Crippen LogP contribution in [0.2, 0.25) is 0 Å². The lowest BCUT2D eigenvalue weighted by Crippen LogP contribution is -2.36. The van der Waals surface area contributed by atoms with Crippen molar-refractivity contribution < 1.29 is 4.39 Å². The Kier molecular flexibility index (Phi) is 8.12. The van der Waals surface area contributed by atoms with Crippen LogP contribution in [-0.2, 0) is 6.54 Å². The fraction of sp³-hybridized carbons (Fsp3) is 0.625. The highest BCUT2D eigenvalue weighted by atomic mass is 35.5. The van der Waals surface area contributed by atoms with E-state index in [1.54, 1.807) is 12.1 Å². The summed E-state index contributed by atoms with van der Waals surface area (Å²) in [6, 6.07) is 6.93. The van der Waals surface area contributed by atoms with Gasteiger partial charge in [0.05, 0.1) is 0 Å². The Labute approximate surface area is 128 Å². The van der Waals surface area contributed by atoms with Crippen LogP contribution in [-0.4, -0.2) is 31.1 Å². The number of benzene rings is 1. The first kappa shape index (κ1) is 17.4. The van der Waals surface area contributed by atoms with Gasteiger partial charge in [0.25, 0.3) is 0 Å². The molecule has 0 atom stereocenters. The second-order valence-electron chi connectivity index (χ2n) is 5.55. The monoisotopic (exact) mass is 300 g/mol. The lowest BCUT2D eigenvalue weighted by Gasteiger charge is -2.30. The Balaban J connectivity index is 0.00000200. The van der Waals surface area contributed by atoms with Crippen molar-refractivity contribution in [2.75, 3.05) is 26.2 Å². The van der Waals surface area contributed by atoms with Crippen molar-refractivity contribution in [1.29, 1.82) is 0 Å². The molecule has 0 radical (unpaired) electrons.